The summed E-state index contributed by atoms with van der Waals surface area (Å²) in [6.45, 7) is 8.73. The first kappa shape index (κ1) is 17.3. The minimum atomic E-state index is 0.784. The highest BCUT2D eigenvalue weighted by Crippen LogP contribution is 2.26. The lowest BCUT2D eigenvalue weighted by atomic mass is 9.97. The second kappa shape index (κ2) is 7.98. The van der Waals surface area contributed by atoms with Gasteiger partial charge in [0.2, 0.25) is 0 Å². The summed E-state index contributed by atoms with van der Waals surface area (Å²) in [5.74, 6) is 0. The van der Waals surface area contributed by atoms with Crippen LogP contribution in [0, 0.1) is 13.8 Å². The zero-order valence-electron chi connectivity index (χ0n) is 14.0. The number of rotatable bonds is 6. The van der Waals surface area contributed by atoms with E-state index >= 15 is 0 Å². The molecule has 0 amide bonds. The molecule has 0 N–H and O–H groups in total. The number of hydrogen-bond acceptors (Lipinski definition) is 1. The molecule has 0 spiro atoms. The Bertz CT molecular complexity index is 720. The molecule has 0 saturated carbocycles. The summed E-state index contributed by atoms with van der Waals surface area (Å²) in [7, 11) is 1.99. The van der Waals surface area contributed by atoms with E-state index in [9.17, 15) is 0 Å². The van der Waals surface area contributed by atoms with E-state index in [0.29, 0.717) is 0 Å². The van der Waals surface area contributed by atoms with Crippen LogP contribution >= 0.6 is 11.6 Å². The summed E-state index contributed by atoms with van der Waals surface area (Å²) in [6.07, 6.45) is 4.54. The highest BCUT2D eigenvalue weighted by atomic mass is 35.5. The van der Waals surface area contributed by atoms with Crippen LogP contribution in [0.3, 0.4) is 0 Å². The van der Waals surface area contributed by atoms with Gasteiger partial charge in [-0.1, -0.05) is 41.9 Å². The molecule has 3 heteroatoms. The highest BCUT2D eigenvalue weighted by Gasteiger charge is 2.07. The minimum Gasteiger partial charge on any atom is -0.362 e. The van der Waals surface area contributed by atoms with Crippen molar-refractivity contribution in [2.45, 2.75) is 20.3 Å². The van der Waals surface area contributed by atoms with Crippen molar-refractivity contribution in [1.29, 1.82) is 0 Å². The molecule has 0 heterocycles. The Balaban J connectivity index is 2.23. The number of hydrogen-bond donors (Lipinski definition) is 0. The molecule has 0 radical (unpaired) electrons. The summed E-state index contributed by atoms with van der Waals surface area (Å²) in [4.78, 5) is 6.58. The van der Waals surface area contributed by atoms with Crippen LogP contribution in [0.5, 0.6) is 0 Å². The SMILES string of the molecule is C=CCN(C)C=Nc1cc(C)c(Cc2ccccc2Cl)cc1C. The fourth-order valence-electron chi connectivity index (χ4n) is 2.45. The maximum absolute atomic E-state index is 6.27. The van der Waals surface area contributed by atoms with Gasteiger partial charge in [0, 0.05) is 18.6 Å². The molecule has 2 nitrogen and oxygen atoms in total. The molecular weight excluding hydrogens is 304 g/mol. The van der Waals surface area contributed by atoms with Crippen LogP contribution < -0.4 is 0 Å². The van der Waals surface area contributed by atoms with Crippen molar-refractivity contribution in [3.63, 3.8) is 0 Å². The molecular formula is C20H23ClN2. The number of aryl methyl sites for hydroxylation is 2. The molecule has 0 fully saturated rings. The Morgan fingerprint density at radius 3 is 2.57 bits per heavy atom. The summed E-state index contributed by atoms with van der Waals surface area (Å²) in [5.41, 5.74) is 5.84. The first-order valence-corrected chi connectivity index (χ1v) is 8.08. The zero-order chi connectivity index (χ0) is 16.8. The van der Waals surface area contributed by atoms with Crippen molar-refractivity contribution >= 4 is 23.6 Å². The molecule has 0 aliphatic heterocycles. The van der Waals surface area contributed by atoms with Crippen LogP contribution in [0.2, 0.25) is 5.02 Å². The number of benzene rings is 2. The van der Waals surface area contributed by atoms with Crippen molar-refractivity contribution in [1.82, 2.24) is 4.90 Å². The van der Waals surface area contributed by atoms with E-state index in [-0.39, 0.29) is 0 Å². The Morgan fingerprint density at radius 2 is 1.87 bits per heavy atom. The van der Waals surface area contributed by atoms with Gasteiger partial charge in [-0.05, 0) is 54.7 Å². The van der Waals surface area contributed by atoms with Gasteiger partial charge < -0.3 is 4.90 Å². The molecule has 0 atom stereocenters. The molecule has 2 rings (SSSR count). The number of likely N-dealkylation sites (N-methyl/N-ethyl adjacent to an activating group) is 1. The first-order valence-electron chi connectivity index (χ1n) is 7.70. The molecule has 0 aliphatic carbocycles. The van der Waals surface area contributed by atoms with Crippen LogP contribution in [0.15, 0.2) is 54.0 Å². The average molecular weight is 327 g/mol. The van der Waals surface area contributed by atoms with Crippen LogP contribution in [0.25, 0.3) is 0 Å². The maximum atomic E-state index is 6.27. The standard InChI is InChI=1S/C20H23ClN2/c1-5-10-23(4)14-22-20-12-15(2)18(11-16(20)3)13-17-8-6-7-9-19(17)21/h5-9,11-12,14H,1,10,13H2,2-4H3. The lowest BCUT2D eigenvalue weighted by molar-refractivity contribution is 0.582. The van der Waals surface area contributed by atoms with Gasteiger partial charge in [-0.3, -0.25) is 0 Å². The van der Waals surface area contributed by atoms with Gasteiger partial charge in [0.15, 0.2) is 0 Å². The fourth-order valence-corrected chi connectivity index (χ4v) is 2.65. The second-order valence-electron chi connectivity index (χ2n) is 5.81. The van der Waals surface area contributed by atoms with E-state index in [1.54, 1.807) is 0 Å². The summed E-state index contributed by atoms with van der Waals surface area (Å²) >= 11 is 6.27. The quantitative estimate of drug-likeness (QED) is 0.398. The monoisotopic (exact) mass is 326 g/mol. The molecule has 0 aromatic heterocycles. The number of halogens is 1. The van der Waals surface area contributed by atoms with Crippen molar-refractivity contribution in [2.24, 2.45) is 4.99 Å². The molecule has 23 heavy (non-hydrogen) atoms. The van der Waals surface area contributed by atoms with E-state index in [4.69, 9.17) is 11.6 Å². The van der Waals surface area contributed by atoms with E-state index < -0.39 is 0 Å². The number of aliphatic imine (C=N–C) groups is 1. The number of nitrogens with zero attached hydrogens (tertiary/aromatic N) is 2. The van der Waals surface area contributed by atoms with Gasteiger partial charge >= 0.3 is 0 Å². The Kier molecular flexibility index (Phi) is 6.00. The van der Waals surface area contributed by atoms with E-state index in [1.165, 1.54) is 16.7 Å². The highest BCUT2D eigenvalue weighted by molar-refractivity contribution is 6.31. The molecule has 0 saturated heterocycles. The molecule has 0 unspecified atom stereocenters. The predicted octanol–water partition coefficient (Wildman–Crippen LogP) is 5.33. The normalized spacial score (nSPS) is 11.0. The largest absolute Gasteiger partial charge is 0.362 e. The van der Waals surface area contributed by atoms with Crippen molar-refractivity contribution in [3.8, 4) is 0 Å². The van der Waals surface area contributed by atoms with E-state index in [1.807, 2.05) is 42.6 Å². The molecule has 120 valence electrons. The van der Waals surface area contributed by atoms with Gasteiger partial charge in [-0.15, -0.1) is 6.58 Å². The van der Waals surface area contributed by atoms with Crippen molar-refractivity contribution in [2.75, 3.05) is 13.6 Å². The predicted molar refractivity (Wildman–Crippen MR) is 101 cm³/mol. The van der Waals surface area contributed by atoms with Crippen LogP contribution in [-0.4, -0.2) is 24.8 Å². The summed E-state index contributed by atoms with van der Waals surface area (Å²) < 4.78 is 0. The summed E-state index contributed by atoms with van der Waals surface area (Å²) in [5, 5.41) is 0.817. The maximum Gasteiger partial charge on any atom is 0.0912 e. The van der Waals surface area contributed by atoms with E-state index in [0.717, 1.165) is 29.2 Å². The Morgan fingerprint density at radius 1 is 1.13 bits per heavy atom. The van der Waals surface area contributed by atoms with Gasteiger partial charge in [0.25, 0.3) is 0 Å². The average Bonchev–Trinajstić information content (AvgIpc) is 2.51. The Hall–Kier alpha value is -2.06. The Labute approximate surface area is 144 Å². The third-order valence-corrected chi connectivity index (χ3v) is 4.17. The third kappa shape index (κ3) is 4.70. The third-order valence-electron chi connectivity index (χ3n) is 3.80. The second-order valence-corrected chi connectivity index (χ2v) is 6.21. The molecule has 0 bridgehead atoms. The van der Waals surface area contributed by atoms with Gasteiger partial charge in [0.05, 0.1) is 12.0 Å². The minimum absolute atomic E-state index is 0.784. The first-order chi connectivity index (χ1) is 11.0. The lowest BCUT2D eigenvalue weighted by Gasteiger charge is -2.12. The van der Waals surface area contributed by atoms with Gasteiger partial charge in [-0.2, -0.15) is 0 Å². The topological polar surface area (TPSA) is 15.6 Å². The van der Waals surface area contributed by atoms with Crippen LogP contribution in [0.1, 0.15) is 22.3 Å². The molecule has 2 aromatic rings. The van der Waals surface area contributed by atoms with Crippen molar-refractivity contribution in [3.05, 3.63) is 76.3 Å². The zero-order valence-corrected chi connectivity index (χ0v) is 14.8. The van der Waals surface area contributed by atoms with Gasteiger partial charge in [0.1, 0.15) is 0 Å². The van der Waals surface area contributed by atoms with Crippen LogP contribution in [0.4, 0.5) is 5.69 Å². The molecule has 2 aromatic carbocycles. The smallest absolute Gasteiger partial charge is 0.0912 e. The van der Waals surface area contributed by atoms with Crippen LogP contribution in [-0.2, 0) is 6.42 Å². The van der Waals surface area contributed by atoms with Gasteiger partial charge in [-0.25, -0.2) is 4.99 Å². The van der Waals surface area contributed by atoms with Crippen molar-refractivity contribution < 1.29 is 0 Å². The summed E-state index contributed by atoms with van der Waals surface area (Å²) in [6, 6.07) is 12.3. The fraction of sp³-hybridized carbons (Fsp3) is 0.250. The lowest BCUT2D eigenvalue weighted by Crippen LogP contribution is -2.15. The molecule has 0 aliphatic rings. The van der Waals surface area contributed by atoms with E-state index in [2.05, 4.69) is 43.6 Å².